The molecule has 0 radical (unpaired) electrons. The van der Waals surface area contributed by atoms with Gasteiger partial charge in [-0.25, -0.2) is 4.79 Å². The molecule has 5 heteroatoms. The summed E-state index contributed by atoms with van der Waals surface area (Å²) in [4.78, 5) is 11.3. The molecule has 0 bridgehead atoms. The molecule has 2 rings (SSSR count). The van der Waals surface area contributed by atoms with E-state index in [0.717, 1.165) is 0 Å². The van der Waals surface area contributed by atoms with Gasteiger partial charge in [0.15, 0.2) is 11.5 Å². The molecule has 90 valence electrons. The van der Waals surface area contributed by atoms with Crippen LogP contribution in [0.2, 0.25) is 0 Å². The van der Waals surface area contributed by atoms with Crippen molar-refractivity contribution in [3.63, 3.8) is 0 Å². The third kappa shape index (κ3) is 1.69. The Bertz CT molecular complexity index is 627. The Morgan fingerprint density at radius 1 is 1.18 bits per heavy atom. The molecule has 1 aromatic carbocycles. The molecule has 5 nitrogen and oxygen atoms in total. The van der Waals surface area contributed by atoms with Gasteiger partial charge in [0.1, 0.15) is 11.3 Å². The van der Waals surface area contributed by atoms with Crippen molar-refractivity contribution in [3.8, 4) is 17.2 Å². The van der Waals surface area contributed by atoms with Gasteiger partial charge in [0.05, 0.1) is 25.7 Å². The van der Waals surface area contributed by atoms with E-state index >= 15 is 0 Å². The molecule has 0 spiro atoms. The van der Waals surface area contributed by atoms with Crippen LogP contribution in [0.1, 0.15) is 5.56 Å². The monoisotopic (exact) mass is 236 g/mol. The zero-order valence-corrected chi connectivity index (χ0v) is 9.73. The summed E-state index contributed by atoms with van der Waals surface area (Å²) in [6.07, 6.45) is 0. The Hall–Kier alpha value is -2.17. The van der Waals surface area contributed by atoms with Crippen LogP contribution in [0.4, 0.5) is 0 Å². The molecule has 0 aliphatic heterocycles. The first-order chi connectivity index (χ1) is 8.08. The predicted molar refractivity (Wildman–Crippen MR) is 62.0 cm³/mol. The smallest absolute Gasteiger partial charge is 0.339 e. The first kappa shape index (κ1) is 11.3. The Labute approximate surface area is 97.2 Å². The van der Waals surface area contributed by atoms with E-state index in [0.29, 0.717) is 22.3 Å². The summed E-state index contributed by atoms with van der Waals surface area (Å²) in [5, 5.41) is 10.4. The van der Waals surface area contributed by atoms with Gasteiger partial charge < -0.3 is 19.0 Å². The maximum Gasteiger partial charge on any atom is 0.339 e. The van der Waals surface area contributed by atoms with Gasteiger partial charge in [-0.15, -0.1) is 0 Å². The lowest BCUT2D eigenvalue weighted by Crippen LogP contribution is -2.00. The summed E-state index contributed by atoms with van der Waals surface area (Å²) in [5.41, 5.74) is 0.350. The van der Waals surface area contributed by atoms with Crippen LogP contribution < -0.4 is 15.1 Å². The molecule has 1 aromatic heterocycles. The third-order valence-electron chi connectivity index (χ3n) is 2.62. The van der Waals surface area contributed by atoms with Crippen LogP contribution in [-0.4, -0.2) is 19.3 Å². The van der Waals surface area contributed by atoms with Crippen LogP contribution >= 0.6 is 0 Å². The van der Waals surface area contributed by atoms with E-state index < -0.39 is 5.63 Å². The van der Waals surface area contributed by atoms with Gasteiger partial charge in [0, 0.05) is 11.6 Å². The molecule has 0 fully saturated rings. The number of fused-ring (bicyclic) bond motifs is 1. The second-order valence-corrected chi connectivity index (χ2v) is 3.56. The van der Waals surface area contributed by atoms with Gasteiger partial charge in [-0.1, -0.05) is 0 Å². The van der Waals surface area contributed by atoms with Gasteiger partial charge in [-0.3, -0.25) is 0 Å². The molecule has 0 amide bonds. The zero-order valence-electron chi connectivity index (χ0n) is 9.73. The molecule has 1 N–H and O–H groups in total. The number of hydrogen-bond donors (Lipinski definition) is 1. The van der Waals surface area contributed by atoms with Crippen LogP contribution in [0, 0.1) is 6.92 Å². The molecule has 1 heterocycles. The Balaban J connectivity index is 2.96. The van der Waals surface area contributed by atoms with Gasteiger partial charge in [-0.2, -0.15) is 0 Å². The number of ether oxygens (including phenoxy) is 2. The summed E-state index contributed by atoms with van der Waals surface area (Å²) in [6.45, 7) is 1.70. The number of rotatable bonds is 2. The molecular weight excluding hydrogens is 224 g/mol. The number of phenolic OH excluding ortho intramolecular Hbond substituents is 1. The standard InChI is InChI=1S/C12H12O5/c1-6-11-7(15-2)5-10(13)17-8(11)4-9(16-3)12(6)14/h4-5,14H,1-3H3. The molecule has 0 saturated carbocycles. The molecule has 0 aliphatic rings. The lowest BCUT2D eigenvalue weighted by atomic mass is 10.1. The van der Waals surface area contributed by atoms with E-state index in [4.69, 9.17) is 13.9 Å². The first-order valence-corrected chi connectivity index (χ1v) is 4.97. The summed E-state index contributed by atoms with van der Waals surface area (Å²) >= 11 is 0. The molecular formula is C12H12O5. The quantitative estimate of drug-likeness (QED) is 0.805. The topological polar surface area (TPSA) is 68.9 Å². The van der Waals surface area contributed by atoms with Gasteiger partial charge in [0.25, 0.3) is 0 Å². The maximum absolute atomic E-state index is 11.3. The maximum atomic E-state index is 11.3. The number of hydrogen-bond acceptors (Lipinski definition) is 5. The van der Waals surface area contributed by atoms with Crippen molar-refractivity contribution in [2.45, 2.75) is 6.92 Å². The minimum absolute atomic E-state index is 0.00662. The average Bonchev–Trinajstić information content (AvgIpc) is 2.32. The Kier molecular flexibility index (Phi) is 2.67. The summed E-state index contributed by atoms with van der Waals surface area (Å²) in [5.74, 6) is 0.630. The van der Waals surface area contributed by atoms with Crippen molar-refractivity contribution >= 4 is 11.0 Å². The number of benzene rings is 1. The van der Waals surface area contributed by atoms with Crippen LogP contribution in [0.3, 0.4) is 0 Å². The second kappa shape index (κ2) is 4.01. The van der Waals surface area contributed by atoms with Crippen molar-refractivity contribution in [2.24, 2.45) is 0 Å². The van der Waals surface area contributed by atoms with E-state index in [1.807, 2.05) is 0 Å². The van der Waals surface area contributed by atoms with Gasteiger partial charge >= 0.3 is 5.63 Å². The van der Waals surface area contributed by atoms with Crippen LogP contribution in [0.25, 0.3) is 11.0 Å². The van der Waals surface area contributed by atoms with Crippen molar-refractivity contribution in [1.82, 2.24) is 0 Å². The van der Waals surface area contributed by atoms with Crippen molar-refractivity contribution < 1.29 is 19.0 Å². The average molecular weight is 236 g/mol. The van der Waals surface area contributed by atoms with Gasteiger partial charge in [-0.05, 0) is 6.92 Å². The minimum Gasteiger partial charge on any atom is -0.504 e. The Morgan fingerprint density at radius 2 is 1.82 bits per heavy atom. The second-order valence-electron chi connectivity index (χ2n) is 3.56. The van der Waals surface area contributed by atoms with E-state index in [9.17, 15) is 9.90 Å². The summed E-state index contributed by atoms with van der Waals surface area (Å²) in [6, 6.07) is 2.70. The van der Waals surface area contributed by atoms with Crippen LogP contribution in [-0.2, 0) is 0 Å². The van der Waals surface area contributed by atoms with Crippen molar-refractivity contribution in [3.05, 3.63) is 28.1 Å². The number of phenols is 1. The van der Waals surface area contributed by atoms with E-state index in [1.54, 1.807) is 6.92 Å². The highest BCUT2D eigenvalue weighted by molar-refractivity contribution is 5.90. The normalized spacial score (nSPS) is 10.5. The van der Waals surface area contributed by atoms with E-state index in [2.05, 4.69) is 0 Å². The van der Waals surface area contributed by atoms with Crippen molar-refractivity contribution in [1.29, 1.82) is 0 Å². The highest BCUT2D eigenvalue weighted by Crippen LogP contribution is 2.38. The molecule has 0 atom stereocenters. The third-order valence-corrected chi connectivity index (χ3v) is 2.62. The molecule has 0 saturated heterocycles. The van der Waals surface area contributed by atoms with Crippen molar-refractivity contribution in [2.75, 3.05) is 14.2 Å². The Morgan fingerprint density at radius 3 is 2.41 bits per heavy atom. The number of aryl methyl sites for hydroxylation is 1. The predicted octanol–water partition coefficient (Wildman–Crippen LogP) is 1.82. The lowest BCUT2D eigenvalue weighted by molar-refractivity contribution is 0.370. The number of methoxy groups -OCH3 is 2. The van der Waals surface area contributed by atoms with Crippen LogP contribution in [0.5, 0.6) is 17.2 Å². The summed E-state index contributed by atoms with van der Waals surface area (Å²) in [7, 11) is 2.88. The summed E-state index contributed by atoms with van der Waals surface area (Å²) < 4.78 is 15.2. The fourth-order valence-corrected chi connectivity index (χ4v) is 1.77. The SMILES string of the molecule is COc1cc2oc(=O)cc(OC)c2c(C)c1O. The highest BCUT2D eigenvalue weighted by Gasteiger charge is 2.15. The van der Waals surface area contributed by atoms with Gasteiger partial charge in [0.2, 0.25) is 0 Å². The zero-order chi connectivity index (χ0) is 12.6. The first-order valence-electron chi connectivity index (χ1n) is 4.97. The van der Waals surface area contributed by atoms with E-state index in [1.165, 1.54) is 26.4 Å². The number of aromatic hydroxyl groups is 1. The molecule has 2 aromatic rings. The fourth-order valence-electron chi connectivity index (χ4n) is 1.77. The van der Waals surface area contributed by atoms with E-state index in [-0.39, 0.29) is 11.5 Å². The lowest BCUT2D eigenvalue weighted by Gasteiger charge is -2.11. The molecule has 17 heavy (non-hydrogen) atoms. The molecule has 0 unspecified atom stereocenters. The fraction of sp³-hybridized carbons (Fsp3) is 0.250. The minimum atomic E-state index is -0.513. The van der Waals surface area contributed by atoms with Crippen LogP contribution in [0.15, 0.2) is 21.3 Å². The largest absolute Gasteiger partial charge is 0.504 e. The highest BCUT2D eigenvalue weighted by atomic mass is 16.5. The molecule has 0 aliphatic carbocycles.